The maximum absolute atomic E-state index is 14.0. The van der Waals surface area contributed by atoms with E-state index in [1.165, 1.54) is 51.4 Å². The van der Waals surface area contributed by atoms with Crippen molar-refractivity contribution in [2.45, 2.75) is 32.4 Å². The summed E-state index contributed by atoms with van der Waals surface area (Å²) in [5.74, 6) is -5.78. The summed E-state index contributed by atoms with van der Waals surface area (Å²) in [6.45, 7) is 2.75. The number of nitrogens with zero attached hydrogens (tertiary/aromatic N) is 1. The van der Waals surface area contributed by atoms with Gasteiger partial charge in [-0.1, -0.05) is 12.1 Å². The van der Waals surface area contributed by atoms with Crippen LogP contribution in [0.1, 0.15) is 41.1 Å². The predicted molar refractivity (Wildman–Crippen MR) is 122 cm³/mol. The van der Waals surface area contributed by atoms with Gasteiger partial charge in [0.25, 0.3) is 5.91 Å². The van der Waals surface area contributed by atoms with Crippen LogP contribution in [0.5, 0.6) is 5.75 Å². The van der Waals surface area contributed by atoms with E-state index in [-0.39, 0.29) is 35.7 Å². The minimum Gasteiger partial charge on any atom is -0.481 e. The molecule has 3 unspecified atom stereocenters. The van der Waals surface area contributed by atoms with Crippen LogP contribution in [-0.2, 0) is 14.3 Å². The number of esters is 2. The molecule has 2 rings (SSSR count). The van der Waals surface area contributed by atoms with Crippen LogP contribution in [0.4, 0.5) is 10.1 Å². The maximum atomic E-state index is 14.0. The van der Waals surface area contributed by atoms with Gasteiger partial charge in [0.2, 0.25) is 0 Å². The van der Waals surface area contributed by atoms with Gasteiger partial charge in [0.05, 0.1) is 23.3 Å². The second kappa shape index (κ2) is 12.4. The zero-order valence-electron chi connectivity index (χ0n) is 19.4. The Morgan fingerprint density at radius 3 is 2.46 bits per heavy atom. The molecule has 0 aliphatic carbocycles. The van der Waals surface area contributed by atoms with E-state index < -0.39 is 47.7 Å². The first-order chi connectivity index (χ1) is 16.6. The van der Waals surface area contributed by atoms with Crippen LogP contribution in [0, 0.1) is 11.7 Å². The highest BCUT2D eigenvalue weighted by Gasteiger charge is 2.27. The number of rotatable bonds is 11. The number of halogens is 1. The van der Waals surface area contributed by atoms with Crippen molar-refractivity contribution in [1.82, 2.24) is 10.3 Å². The Kier molecular flexibility index (Phi) is 9.64. The van der Waals surface area contributed by atoms with Gasteiger partial charge in [0.1, 0.15) is 11.9 Å². The molecule has 1 aromatic carbocycles. The number of pyridine rings is 1. The number of hydrogen-bond donors (Lipinski definition) is 4. The molecule has 188 valence electrons. The summed E-state index contributed by atoms with van der Waals surface area (Å²) in [6.07, 6.45) is 0.514. The number of carboxylic acids is 1. The van der Waals surface area contributed by atoms with Gasteiger partial charge < -0.3 is 30.9 Å². The Bertz CT molecular complexity index is 1100. The van der Waals surface area contributed by atoms with Crippen molar-refractivity contribution in [3.05, 3.63) is 53.6 Å². The van der Waals surface area contributed by atoms with E-state index in [1.54, 1.807) is 0 Å². The van der Waals surface area contributed by atoms with E-state index in [4.69, 9.17) is 20.3 Å². The Hall–Kier alpha value is -4.06. The molecule has 5 N–H and O–H groups in total. The summed E-state index contributed by atoms with van der Waals surface area (Å²) >= 11 is 0. The summed E-state index contributed by atoms with van der Waals surface area (Å²) in [5, 5.41) is 14.2. The lowest BCUT2D eigenvalue weighted by molar-refractivity contribution is -0.153. The number of amides is 1. The molecule has 0 spiro atoms. The van der Waals surface area contributed by atoms with E-state index in [2.05, 4.69) is 15.6 Å². The largest absolute Gasteiger partial charge is 0.481 e. The molecule has 0 radical (unpaired) electrons. The van der Waals surface area contributed by atoms with Crippen LogP contribution in [0.25, 0.3) is 0 Å². The SMILES string of the molecule is CNc1ccnc(C(=O)NC(C)C(=O)OC(C)CC(CN)C(=O)O)c1OC(=O)c1ccccc1F. The Morgan fingerprint density at radius 2 is 1.86 bits per heavy atom. The molecule has 0 aliphatic heterocycles. The van der Waals surface area contributed by atoms with E-state index >= 15 is 0 Å². The minimum absolute atomic E-state index is 0.000154. The topological polar surface area (TPSA) is 170 Å². The van der Waals surface area contributed by atoms with Gasteiger partial charge in [-0.3, -0.25) is 9.59 Å². The van der Waals surface area contributed by atoms with Crippen LogP contribution in [0.2, 0.25) is 0 Å². The molecule has 3 atom stereocenters. The van der Waals surface area contributed by atoms with Crippen LogP contribution >= 0.6 is 0 Å². The molecule has 35 heavy (non-hydrogen) atoms. The van der Waals surface area contributed by atoms with Gasteiger partial charge in [0.15, 0.2) is 11.4 Å². The first kappa shape index (κ1) is 27.2. The number of carboxylic acid groups (broad SMARTS) is 1. The highest BCUT2D eigenvalue weighted by Crippen LogP contribution is 2.28. The van der Waals surface area contributed by atoms with E-state index in [1.807, 2.05) is 0 Å². The standard InChI is InChI=1S/C23H27FN4O7/c1-12(10-14(11-25)21(30)31)34-22(32)13(2)28-20(29)18-19(17(26-3)8-9-27-18)35-23(33)15-6-4-5-7-16(15)24/h4-9,12-14H,10-11,25H2,1-3H3,(H,26,27)(H,28,29)(H,30,31). The quantitative estimate of drug-likeness (QED) is 0.339. The Morgan fingerprint density at radius 1 is 1.17 bits per heavy atom. The molecule has 0 saturated carbocycles. The second-order valence-electron chi connectivity index (χ2n) is 7.60. The summed E-state index contributed by atoms with van der Waals surface area (Å²) in [4.78, 5) is 52.8. The number of anilines is 1. The molecular weight excluding hydrogens is 463 g/mol. The third-order valence-electron chi connectivity index (χ3n) is 4.95. The van der Waals surface area contributed by atoms with Gasteiger partial charge in [-0.05, 0) is 38.5 Å². The summed E-state index contributed by atoms with van der Waals surface area (Å²) in [6, 6.07) is 5.47. The number of carbonyl (C=O) groups is 4. The Labute approximate surface area is 200 Å². The minimum atomic E-state index is -1.15. The number of carbonyl (C=O) groups excluding carboxylic acids is 3. The normalized spacial score (nSPS) is 13.2. The molecule has 2 aromatic rings. The number of aliphatic carboxylic acids is 1. The van der Waals surface area contributed by atoms with Crippen LogP contribution in [-0.4, -0.2) is 59.6 Å². The second-order valence-corrected chi connectivity index (χ2v) is 7.60. The average molecular weight is 490 g/mol. The fourth-order valence-electron chi connectivity index (χ4n) is 3.06. The zero-order valence-corrected chi connectivity index (χ0v) is 19.4. The van der Waals surface area contributed by atoms with Crippen LogP contribution in [0.3, 0.4) is 0 Å². The third kappa shape index (κ3) is 7.21. The van der Waals surface area contributed by atoms with Gasteiger partial charge in [0, 0.05) is 19.8 Å². The molecule has 0 bridgehead atoms. The van der Waals surface area contributed by atoms with E-state index in [0.717, 1.165) is 6.07 Å². The molecule has 0 fully saturated rings. The first-order valence-corrected chi connectivity index (χ1v) is 10.7. The van der Waals surface area contributed by atoms with Crippen molar-refractivity contribution >= 4 is 29.5 Å². The molecule has 11 nitrogen and oxygen atoms in total. The first-order valence-electron chi connectivity index (χ1n) is 10.7. The number of benzene rings is 1. The van der Waals surface area contributed by atoms with Crippen molar-refractivity contribution in [2.75, 3.05) is 18.9 Å². The lowest BCUT2D eigenvalue weighted by atomic mass is 10.0. The highest BCUT2D eigenvalue weighted by atomic mass is 19.1. The lowest BCUT2D eigenvalue weighted by Crippen LogP contribution is -2.41. The summed E-state index contributed by atoms with van der Waals surface area (Å²) < 4.78 is 24.5. The zero-order chi connectivity index (χ0) is 26.1. The molecule has 1 heterocycles. The fourth-order valence-corrected chi connectivity index (χ4v) is 3.06. The van der Waals surface area contributed by atoms with Crippen molar-refractivity contribution in [3.63, 3.8) is 0 Å². The van der Waals surface area contributed by atoms with E-state index in [0.29, 0.717) is 0 Å². The van der Waals surface area contributed by atoms with Gasteiger partial charge in [-0.15, -0.1) is 0 Å². The summed E-state index contributed by atoms with van der Waals surface area (Å²) in [7, 11) is 1.52. The predicted octanol–water partition coefficient (Wildman–Crippen LogP) is 1.58. The molecule has 12 heteroatoms. The number of aromatic nitrogens is 1. The van der Waals surface area contributed by atoms with Gasteiger partial charge in [-0.2, -0.15) is 0 Å². The number of ether oxygens (including phenoxy) is 2. The monoisotopic (exact) mass is 490 g/mol. The molecule has 1 aromatic heterocycles. The van der Waals surface area contributed by atoms with Gasteiger partial charge >= 0.3 is 17.9 Å². The lowest BCUT2D eigenvalue weighted by Gasteiger charge is -2.20. The number of hydrogen-bond acceptors (Lipinski definition) is 9. The van der Waals surface area contributed by atoms with Crippen molar-refractivity contribution in [2.24, 2.45) is 11.7 Å². The van der Waals surface area contributed by atoms with E-state index in [9.17, 15) is 23.6 Å². The maximum Gasteiger partial charge on any atom is 0.346 e. The fraction of sp³-hybridized carbons (Fsp3) is 0.348. The number of nitrogens with two attached hydrogens (primary N) is 1. The molecule has 0 aliphatic rings. The van der Waals surface area contributed by atoms with Crippen LogP contribution in [0.15, 0.2) is 36.5 Å². The van der Waals surface area contributed by atoms with Crippen molar-refractivity contribution in [1.29, 1.82) is 0 Å². The third-order valence-corrected chi connectivity index (χ3v) is 4.95. The average Bonchev–Trinajstić information content (AvgIpc) is 2.82. The molecule has 0 saturated heterocycles. The molecule has 1 amide bonds. The molecular formula is C23H27FN4O7. The Balaban J connectivity index is 2.15. The number of nitrogens with one attached hydrogen (secondary N) is 2. The summed E-state index contributed by atoms with van der Waals surface area (Å²) in [5.41, 5.74) is 4.97. The highest BCUT2D eigenvalue weighted by molar-refractivity contribution is 6.01. The smallest absolute Gasteiger partial charge is 0.346 e. The van der Waals surface area contributed by atoms with Crippen molar-refractivity contribution in [3.8, 4) is 5.75 Å². The van der Waals surface area contributed by atoms with Gasteiger partial charge in [-0.25, -0.2) is 19.0 Å². The van der Waals surface area contributed by atoms with Crippen LogP contribution < -0.4 is 21.1 Å². The van der Waals surface area contributed by atoms with Crippen molar-refractivity contribution < 1.29 is 38.1 Å².